The van der Waals surface area contributed by atoms with E-state index in [0.29, 0.717) is 19.3 Å². The molecule has 0 spiro atoms. The van der Waals surface area contributed by atoms with E-state index in [-0.39, 0.29) is 23.7 Å². The third kappa shape index (κ3) is 22.3. The standard InChI is InChI=1S/C31H61O17P3S/c1-3-5-6-7-8-9-10-11-12-13-14-15-16-18-25(32)46-23(19-20-52-26(33)17-4-2)21-45-51(43,44)48-31-28(35)24(22-49(37,38)39)27(34)30(29(31)36)47-50(40,41)42/h23-24,27-31,34-36H,3-22H2,1-2H3,(H,43,44)(H2,37,38,39)(H2,40,41,42)/t23-,24-,27?,28-,29?,30+,31?/m1/s1. The highest BCUT2D eigenvalue weighted by Crippen LogP contribution is 2.51. The number of unbranched alkanes of at least 4 members (excludes halogenated alkanes) is 12. The maximum Gasteiger partial charge on any atom is 0.472 e. The molecule has 1 aliphatic rings. The Labute approximate surface area is 310 Å². The molecule has 1 fully saturated rings. The van der Waals surface area contributed by atoms with Crippen molar-refractivity contribution in [1.29, 1.82) is 0 Å². The molecule has 0 amide bonds. The van der Waals surface area contributed by atoms with Crippen molar-refractivity contribution in [2.75, 3.05) is 18.5 Å². The summed E-state index contributed by atoms with van der Waals surface area (Å²) in [5, 5.41) is 31.7. The molecular formula is C31H61O17P3S. The number of esters is 1. The summed E-state index contributed by atoms with van der Waals surface area (Å²) in [5.74, 6) is -2.36. The highest BCUT2D eigenvalue weighted by atomic mass is 32.2. The van der Waals surface area contributed by atoms with Gasteiger partial charge in [0.05, 0.1) is 25.0 Å². The Kier molecular flexibility index (Phi) is 24.7. The average Bonchev–Trinajstić information content (AvgIpc) is 3.04. The first-order valence-electron chi connectivity index (χ1n) is 18.1. The molecule has 0 heterocycles. The van der Waals surface area contributed by atoms with Gasteiger partial charge in [0.1, 0.15) is 24.4 Å². The summed E-state index contributed by atoms with van der Waals surface area (Å²) < 4.78 is 55.9. The van der Waals surface area contributed by atoms with E-state index in [1.807, 2.05) is 6.92 Å². The molecule has 1 aliphatic carbocycles. The minimum absolute atomic E-state index is 0.0356. The van der Waals surface area contributed by atoms with Crippen LogP contribution in [0.5, 0.6) is 0 Å². The van der Waals surface area contributed by atoms with Crippen molar-refractivity contribution < 1.29 is 81.4 Å². The summed E-state index contributed by atoms with van der Waals surface area (Å²) in [6.07, 6.45) is 1.74. The van der Waals surface area contributed by atoms with Crippen molar-refractivity contribution in [3.8, 4) is 0 Å². The largest absolute Gasteiger partial charge is 0.472 e. The molecule has 21 heteroatoms. The van der Waals surface area contributed by atoms with Gasteiger partial charge in [-0.2, -0.15) is 0 Å². The number of ether oxygens (including phenoxy) is 1. The third-order valence-electron chi connectivity index (χ3n) is 8.55. The van der Waals surface area contributed by atoms with Crippen LogP contribution in [0.1, 0.15) is 123 Å². The maximum absolute atomic E-state index is 13.0. The molecule has 0 bridgehead atoms. The van der Waals surface area contributed by atoms with Gasteiger partial charge in [0, 0.05) is 24.5 Å². The Morgan fingerprint density at radius 2 is 1.17 bits per heavy atom. The van der Waals surface area contributed by atoms with Crippen LogP contribution in [0.3, 0.4) is 0 Å². The molecule has 0 aromatic rings. The maximum atomic E-state index is 13.0. The molecule has 4 unspecified atom stereocenters. The van der Waals surface area contributed by atoms with Gasteiger partial charge in [0.2, 0.25) is 0 Å². The van der Waals surface area contributed by atoms with Gasteiger partial charge in [-0.05, 0) is 19.3 Å². The normalized spacial score (nSPS) is 24.3. The molecule has 1 saturated carbocycles. The Balaban J connectivity index is 2.78. The smallest absolute Gasteiger partial charge is 0.460 e. The topological polar surface area (TPSA) is 284 Å². The molecule has 0 radical (unpaired) electrons. The van der Waals surface area contributed by atoms with Gasteiger partial charge in [-0.1, -0.05) is 103 Å². The predicted octanol–water partition coefficient (Wildman–Crippen LogP) is 4.70. The fraction of sp³-hybridized carbons (Fsp3) is 0.935. The zero-order chi connectivity index (χ0) is 39.4. The van der Waals surface area contributed by atoms with Crippen LogP contribution in [0, 0.1) is 5.92 Å². The molecule has 1 rings (SSSR count). The van der Waals surface area contributed by atoms with Crippen LogP contribution in [0.4, 0.5) is 0 Å². The second-order valence-electron chi connectivity index (χ2n) is 13.2. The number of aliphatic hydroxyl groups is 3. The van der Waals surface area contributed by atoms with E-state index in [9.17, 15) is 63.1 Å². The van der Waals surface area contributed by atoms with E-state index in [1.54, 1.807) is 0 Å². The van der Waals surface area contributed by atoms with Gasteiger partial charge in [-0.15, -0.1) is 0 Å². The third-order valence-corrected chi connectivity index (χ3v) is 11.9. The van der Waals surface area contributed by atoms with E-state index in [0.717, 1.165) is 37.4 Å². The van der Waals surface area contributed by atoms with E-state index < -0.39 is 84.5 Å². The van der Waals surface area contributed by atoms with Crippen LogP contribution in [-0.2, 0) is 41.6 Å². The first-order valence-corrected chi connectivity index (χ1v) is 23.9. The number of hydrogen-bond acceptors (Lipinski definition) is 13. The van der Waals surface area contributed by atoms with E-state index >= 15 is 0 Å². The number of carbonyl (C=O) groups excluding carboxylic acids is 2. The Bertz CT molecular complexity index is 1130. The molecule has 8 atom stereocenters. The molecule has 17 nitrogen and oxygen atoms in total. The number of hydrogen-bond donors (Lipinski definition) is 8. The van der Waals surface area contributed by atoms with Gasteiger partial charge in [-0.25, -0.2) is 9.13 Å². The van der Waals surface area contributed by atoms with Crippen molar-refractivity contribution in [3.05, 3.63) is 0 Å². The molecule has 8 N–H and O–H groups in total. The number of phosphoric ester groups is 2. The minimum Gasteiger partial charge on any atom is -0.460 e. The predicted molar refractivity (Wildman–Crippen MR) is 193 cm³/mol. The van der Waals surface area contributed by atoms with Crippen molar-refractivity contribution >= 4 is 46.1 Å². The second-order valence-corrected chi connectivity index (χ2v) is 18.7. The Hall–Kier alpha value is -0.260. The van der Waals surface area contributed by atoms with Crippen molar-refractivity contribution in [1.82, 2.24) is 0 Å². The first kappa shape index (κ1) is 49.8. The summed E-state index contributed by atoms with van der Waals surface area (Å²) in [5.41, 5.74) is 0. The van der Waals surface area contributed by atoms with Gasteiger partial charge < -0.3 is 44.5 Å². The lowest BCUT2D eigenvalue weighted by Crippen LogP contribution is -2.62. The number of carbonyl (C=O) groups is 2. The minimum atomic E-state index is -5.46. The van der Waals surface area contributed by atoms with E-state index in [2.05, 4.69) is 11.4 Å². The van der Waals surface area contributed by atoms with Gasteiger partial charge in [-0.3, -0.25) is 27.7 Å². The zero-order valence-corrected chi connectivity index (χ0v) is 33.7. The van der Waals surface area contributed by atoms with Gasteiger partial charge in [0.25, 0.3) is 0 Å². The molecule has 0 aromatic heterocycles. The second kappa shape index (κ2) is 25.8. The highest BCUT2D eigenvalue weighted by Gasteiger charge is 2.55. The summed E-state index contributed by atoms with van der Waals surface area (Å²) in [4.78, 5) is 72.4. The number of phosphoric acid groups is 2. The number of thioether (sulfide) groups is 1. The highest BCUT2D eigenvalue weighted by molar-refractivity contribution is 8.13. The lowest BCUT2D eigenvalue weighted by molar-refractivity contribution is -0.193. The van der Waals surface area contributed by atoms with Crippen LogP contribution in [-0.4, -0.2) is 106 Å². The van der Waals surface area contributed by atoms with E-state index in [4.69, 9.17) is 13.8 Å². The van der Waals surface area contributed by atoms with Crippen molar-refractivity contribution in [3.63, 3.8) is 0 Å². The quantitative estimate of drug-likeness (QED) is 0.0288. The molecule has 0 aromatic carbocycles. The van der Waals surface area contributed by atoms with Crippen molar-refractivity contribution in [2.45, 2.75) is 160 Å². The monoisotopic (exact) mass is 830 g/mol. The van der Waals surface area contributed by atoms with Crippen LogP contribution < -0.4 is 0 Å². The van der Waals surface area contributed by atoms with Gasteiger partial charge in [0.15, 0.2) is 5.12 Å². The summed E-state index contributed by atoms with van der Waals surface area (Å²) in [7, 11) is -15.8. The summed E-state index contributed by atoms with van der Waals surface area (Å²) in [6, 6.07) is 0. The Morgan fingerprint density at radius 1 is 0.673 bits per heavy atom. The molecule has 0 saturated heterocycles. The van der Waals surface area contributed by atoms with E-state index in [1.165, 1.54) is 51.4 Å². The lowest BCUT2D eigenvalue weighted by atomic mass is 9.79. The van der Waals surface area contributed by atoms with Gasteiger partial charge >= 0.3 is 29.2 Å². The van der Waals surface area contributed by atoms with Crippen LogP contribution in [0.2, 0.25) is 0 Å². The number of aliphatic hydroxyl groups excluding tert-OH is 3. The van der Waals surface area contributed by atoms with Crippen LogP contribution >= 0.6 is 35.0 Å². The van der Waals surface area contributed by atoms with Crippen LogP contribution in [0.15, 0.2) is 0 Å². The fourth-order valence-corrected chi connectivity index (χ4v) is 9.31. The summed E-state index contributed by atoms with van der Waals surface area (Å²) >= 11 is 0.986. The Morgan fingerprint density at radius 3 is 1.65 bits per heavy atom. The lowest BCUT2D eigenvalue weighted by Gasteiger charge is -2.45. The SMILES string of the molecule is CCCCCCCCCCCCCCCC(=O)O[C@H](CCSC(=O)CCC)COP(=O)(O)OC1C(O)[C@@H](OP(=O)(O)O)C(O)[C@@H](CP(=O)(O)O)[C@H]1O. The molecular weight excluding hydrogens is 769 g/mol. The molecule has 52 heavy (non-hydrogen) atoms. The summed E-state index contributed by atoms with van der Waals surface area (Å²) in [6.45, 7) is 3.30. The van der Waals surface area contributed by atoms with Crippen LogP contribution in [0.25, 0.3) is 0 Å². The number of rotatable bonds is 29. The molecule has 308 valence electrons. The average molecular weight is 831 g/mol. The zero-order valence-electron chi connectivity index (χ0n) is 30.2. The van der Waals surface area contributed by atoms with Crippen molar-refractivity contribution in [2.24, 2.45) is 5.92 Å². The fourth-order valence-electron chi connectivity index (χ4n) is 5.83. The molecule has 0 aliphatic heterocycles. The first-order chi connectivity index (χ1) is 24.3.